The highest BCUT2D eigenvalue weighted by Gasteiger charge is 2.46. The normalized spacial score (nSPS) is 26.2. The van der Waals surface area contributed by atoms with Crippen molar-refractivity contribution in [2.45, 2.75) is 103 Å². The van der Waals surface area contributed by atoms with Gasteiger partial charge >= 0.3 is 0 Å². The second-order valence-electron chi connectivity index (χ2n) is 8.77. The molecule has 0 saturated carbocycles. The number of unbranched alkanes of at least 4 members (excludes halogenated alkanes) is 2. The van der Waals surface area contributed by atoms with E-state index in [1.165, 1.54) is 0 Å². The predicted octanol–water partition coefficient (Wildman–Crippen LogP) is 4.64. The van der Waals surface area contributed by atoms with Crippen LogP contribution in [-0.4, -0.2) is 44.1 Å². The molecule has 0 aliphatic carbocycles. The molecule has 3 atom stereocenters. The number of ether oxygens (including phenoxy) is 2. The summed E-state index contributed by atoms with van der Waals surface area (Å²) in [4.78, 5) is 0. The molecule has 1 unspecified atom stereocenters. The van der Waals surface area contributed by atoms with Crippen LogP contribution in [0.2, 0.25) is 18.1 Å². The lowest BCUT2D eigenvalue weighted by atomic mass is 10.1. The van der Waals surface area contributed by atoms with Crippen molar-refractivity contribution in [1.29, 1.82) is 0 Å². The summed E-state index contributed by atoms with van der Waals surface area (Å²) in [5.41, 5.74) is 0. The maximum absolute atomic E-state index is 10.5. The van der Waals surface area contributed by atoms with E-state index in [9.17, 15) is 5.11 Å². The Morgan fingerprint density at radius 1 is 1.25 bits per heavy atom. The van der Waals surface area contributed by atoms with Crippen molar-refractivity contribution in [3.63, 3.8) is 0 Å². The first-order valence-electron chi connectivity index (χ1n) is 9.24. The summed E-state index contributed by atoms with van der Waals surface area (Å²) in [5, 5.41) is 10.7. The molecule has 0 aromatic heterocycles. The summed E-state index contributed by atoms with van der Waals surface area (Å²) in [6.45, 7) is 17.5. The standard InChI is InChI=1S/C19H38O4Si/c1-9-10-11-12-13-15(20)17-16(22-19(5,6)23-17)14-21-24(7,8)18(2,3)4/h12-13,15-17,20H,9-11,14H2,1-8H3/b13-12-/t15-,16?,17-/m0/s1. The number of hydrogen-bond donors (Lipinski definition) is 1. The van der Waals surface area contributed by atoms with E-state index in [0.717, 1.165) is 19.3 Å². The molecule has 0 aromatic carbocycles. The topological polar surface area (TPSA) is 47.9 Å². The largest absolute Gasteiger partial charge is 0.414 e. The van der Waals surface area contributed by atoms with Gasteiger partial charge in [-0.3, -0.25) is 0 Å². The van der Waals surface area contributed by atoms with Crippen LogP contribution >= 0.6 is 0 Å². The zero-order chi connectivity index (χ0) is 18.6. The fraction of sp³-hybridized carbons (Fsp3) is 0.895. The Kier molecular flexibility index (Phi) is 7.69. The summed E-state index contributed by atoms with van der Waals surface area (Å²) in [7, 11) is -1.85. The Labute approximate surface area is 149 Å². The van der Waals surface area contributed by atoms with Gasteiger partial charge in [-0.25, -0.2) is 0 Å². The van der Waals surface area contributed by atoms with E-state index in [0.29, 0.717) is 6.61 Å². The molecule has 1 aliphatic heterocycles. The third-order valence-corrected chi connectivity index (χ3v) is 9.53. The number of rotatable bonds is 8. The van der Waals surface area contributed by atoms with Crippen LogP contribution in [0, 0.1) is 0 Å². The molecule has 1 aliphatic rings. The Morgan fingerprint density at radius 2 is 1.88 bits per heavy atom. The molecule has 0 spiro atoms. The zero-order valence-corrected chi connectivity index (χ0v) is 17.9. The van der Waals surface area contributed by atoms with Gasteiger partial charge in [-0.2, -0.15) is 0 Å². The fourth-order valence-corrected chi connectivity index (χ4v) is 3.47. The van der Waals surface area contributed by atoms with Crippen molar-refractivity contribution in [3.8, 4) is 0 Å². The maximum atomic E-state index is 10.5. The molecule has 1 saturated heterocycles. The van der Waals surface area contributed by atoms with E-state index in [4.69, 9.17) is 13.9 Å². The smallest absolute Gasteiger partial charge is 0.192 e. The first-order valence-corrected chi connectivity index (χ1v) is 12.1. The third-order valence-electron chi connectivity index (χ3n) is 5.03. The third kappa shape index (κ3) is 6.26. The predicted molar refractivity (Wildman–Crippen MR) is 102 cm³/mol. The molecule has 5 heteroatoms. The summed E-state index contributed by atoms with van der Waals surface area (Å²) < 4.78 is 18.2. The molecule has 24 heavy (non-hydrogen) atoms. The molecule has 0 bridgehead atoms. The second kappa shape index (κ2) is 8.45. The summed E-state index contributed by atoms with van der Waals surface area (Å²) in [5.74, 6) is -0.690. The minimum Gasteiger partial charge on any atom is -0.414 e. The van der Waals surface area contributed by atoms with Gasteiger partial charge in [-0.15, -0.1) is 0 Å². The lowest BCUT2D eigenvalue weighted by Gasteiger charge is -2.37. The van der Waals surface area contributed by atoms with E-state index in [1.807, 2.05) is 26.0 Å². The molecular weight excluding hydrogens is 320 g/mol. The minimum atomic E-state index is -1.85. The lowest BCUT2D eigenvalue weighted by Crippen LogP contribution is -2.45. The van der Waals surface area contributed by atoms with Crippen LogP contribution in [0.1, 0.15) is 60.8 Å². The highest BCUT2D eigenvalue weighted by molar-refractivity contribution is 6.74. The Balaban J connectivity index is 2.70. The molecule has 4 nitrogen and oxygen atoms in total. The summed E-state index contributed by atoms with van der Waals surface area (Å²) in [6.07, 6.45) is 5.84. The van der Waals surface area contributed by atoms with Crippen LogP contribution in [0.25, 0.3) is 0 Å². The highest BCUT2D eigenvalue weighted by Crippen LogP contribution is 2.38. The van der Waals surface area contributed by atoms with Gasteiger partial charge in [0.2, 0.25) is 0 Å². The van der Waals surface area contributed by atoms with Gasteiger partial charge in [0.15, 0.2) is 14.1 Å². The Hall–Kier alpha value is -0.203. The van der Waals surface area contributed by atoms with Gasteiger partial charge < -0.3 is 19.0 Å². The van der Waals surface area contributed by atoms with Crippen LogP contribution in [0.15, 0.2) is 12.2 Å². The van der Waals surface area contributed by atoms with Gasteiger partial charge in [0.25, 0.3) is 0 Å². The van der Waals surface area contributed by atoms with Crippen molar-refractivity contribution in [3.05, 3.63) is 12.2 Å². The van der Waals surface area contributed by atoms with Gasteiger partial charge in [-0.05, 0) is 38.4 Å². The monoisotopic (exact) mass is 358 g/mol. The fourth-order valence-electron chi connectivity index (χ4n) is 2.46. The first kappa shape index (κ1) is 21.8. The van der Waals surface area contributed by atoms with E-state index < -0.39 is 20.2 Å². The van der Waals surface area contributed by atoms with Crippen molar-refractivity contribution in [2.24, 2.45) is 0 Å². The van der Waals surface area contributed by atoms with Gasteiger partial charge in [0.05, 0.1) is 6.61 Å². The molecule has 0 amide bonds. The van der Waals surface area contributed by atoms with Crippen molar-refractivity contribution in [2.75, 3.05) is 6.61 Å². The molecule has 1 rings (SSSR count). The second-order valence-corrected chi connectivity index (χ2v) is 13.6. The van der Waals surface area contributed by atoms with Crippen molar-refractivity contribution >= 4 is 8.32 Å². The van der Waals surface area contributed by atoms with Gasteiger partial charge in [0.1, 0.15) is 18.3 Å². The highest BCUT2D eigenvalue weighted by atomic mass is 28.4. The van der Waals surface area contributed by atoms with Crippen LogP contribution in [-0.2, 0) is 13.9 Å². The average molecular weight is 359 g/mol. The van der Waals surface area contributed by atoms with Crippen LogP contribution in [0.3, 0.4) is 0 Å². The van der Waals surface area contributed by atoms with E-state index in [-0.39, 0.29) is 17.2 Å². The number of hydrogen-bond acceptors (Lipinski definition) is 4. The van der Waals surface area contributed by atoms with Crippen LogP contribution in [0.4, 0.5) is 0 Å². The minimum absolute atomic E-state index is 0.149. The molecule has 142 valence electrons. The Morgan fingerprint density at radius 3 is 2.42 bits per heavy atom. The van der Waals surface area contributed by atoms with E-state index in [2.05, 4.69) is 40.8 Å². The maximum Gasteiger partial charge on any atom is 0.192 e. The molecule has 1 fully saturated rings. The summed E-state index contributed by atoms with van der Waals surface area (Å²) >= 11 is 0. The average Bonchev–Trinajstić information content (AvgIpc) is 2.75. The molecule has 1 heterocycles. The SMILES string of the molecule is CCCC/C=C\[C@H](O)[C@@H]1OC(C)(C)OC1CO[Si](C)(C)C(C)(C)C. The van der Waals surface area contributed by atoms with Gasteiger partial charge in [0, 0.05) is 0 Å². The Bertz CT molecular complexity index is 412. The number of aliphatic hydroxyl groups excluding tert-OH is 1. The molecule has 0 aromatic rings. The van der Waals surface area contributed by atoms with Crippen LogP contribution < -0.4 is 0 Å². The number of allylic oxidation sites excluding steroid dienone is 1. The van der Waals surface area contributed by atoms with Crippen molar-refractivity contribution in [1.82, 2.24) is 0 Å². The number of aliphatic hydroxyl groups is 1. The lowest BCUT2D eigenvalue weighted by molar-refractivity contribution is -0.154. The molecule has 0 radical (unpaired) electrons. The van der Waals surface area contributed by atoms with E-state index in [1.54, 1.807) is 0 Å². The summed E-state index contributed by atoms with van der Waals surface area (Å²) in [6, 6.07) is 0. The molecule has 1 N–H and O–H groups in total. The molecular formula is C19H38O4Si. The zero-order valence-electron chi connectivity index (χ0n) is 16.9. The van der Waals surface area contributed by atoms with Crippen molar-refractivity contribution < 1.29 is 19.0 Å². The van der Waals surface area contributed by atoms with E-state index >= 15 is 0 Å². The van der Waals surface area contributed by atoms with Crippen LogP contribution in [0.5, 0.6) is 0 Å². The quantitative estimate of drug-likeness (QED) is 0.390. The van der Waals surface area contributed by atoms with Gasteiger partial charge in [-0.1, -0.05) is 52.7 Å². The first-order chi connectivity index (χ1) is 10.9.